The van der Waals surface area contributed by atoms with Crippen LogP contribution in [0.4, 0.5) is 5.69 Å². The maximum absolute atomic E-state index is 12.5. The van der Waals surface area contributed by atoms with Crippen LogP contribution in [-0.2, 0) is 16.0 Å². The lowest BCUT2D eigenvalue weighted by Crippen LogP contribution is -2.25. The summed E-state index contributed by atoms with van der Waals surface area (Å²) in [7, 11) is 0. The number of hydrogen-bond acceptors (Lipinski definition) is 4. The molecule has 0 bridgehead atoms. The summed E-state index contributed by atoms with van der Waals surface area (Å²) in [5.74, 6) is -0.525. The van der Waals surface area contributed by atoms with Gasteiger partial charge in [-0.2, -0.15) is 0 Å². The normalized spacial score (nSPS) is 11.1. The van der Waals surface area contributed by atoms with Crippen molar-refractivity contribution in [3.05, 3.63) is 65.2 Å². The van der Waals surface area contributed by atoms with Crippen molar-refractivity contribution < 1.29 is 14.3 Å². The Balaban J connectivity index is 2.25. The molecule has 120 valence electrons. The monoisotopic (exact) mass is 311 g/mol. The predicted molar refractivity (Wildman–Crippen MR) is 90.3 cm³/mol. The molecule has 0 amide bonds. The first-order chi connectivity index (χ1) is 10.8. The van der Waals surface area contributed by atoms with Crippen LogP contribution in [0.2, 0.25) is 0 Å². The van der Waals surface area contributed by atoms with Crippen LogP contribution in [0.5, 0.6) is 0 Å². The predicted octanol–water partition coefficient (Wildman–Crippen LogP) is 3.38. The highest BCUT2D eigenvalue weighted by Gasteiger charge is 2.19. The molecule has 23 heavy (non-hydrogen) atoms. The standard InChI is InChI=1S/C19H21NO3/c1-19(2,3)23-16(21)12-14-10-7-11-15(17(14)20)18(22)13-8-5-4-6-9-13/h4-11H,12,20H2,1-3H3. The second kappa shape index (κ2) is 6.65. The van der Waals surface area contributed by atoms with E-state index in [9.17, 15) is 9.59 Å². The fourth-order valence-corrected chi connectivity index (χ4v) is 2.24. The smallest absolute Gasteiger partial charge is 0.310 e. The number of carbonyl (C=O) groups is 2. The zero-order valence-electron chi connectivity index (χ0n) is 13.6. The van der Waals surface area contributed by atoms with Crippen LogP contribution < -0.4 is 5.73 Å². The van der Waals surface area contributed by atoms with E-state index in [4.69, 9.17) is 10.5 Å². The number of anilines is 1. The number of benzene rings is 2. The topological polar surface area (TPSA) is 69.4 Å². The summed E-state index contributed by atoms with van der Waals surface area (Å²) in [6.45, 7) is 5.43. The van der Waals surface area contributed by atoms with Crippen LogP contribution in [0, 0.1) is 0 Å². The van der Waals surface area contributed by atoms with E-state index in [1.54, 1.807) is 42.5 Å². The Morgan fingerprint density at radius 3 is 2.26 bits per heavy atom. The van der Waals surface area contributed by atoms with Crippen LogP contribution in [-0.4, -0.2) is 17.4 Å². The number of nitrogens with two attached hydrogens (primary N) is 1. The Morgan fingerprint density at radius 1 is 1.00 bits per heavy atom. The molecule has 0 fully saturated rings. The number of nitrogen functional groups attached to an aromatic ring is 1. The maximum Gasteiger partial charge on any atom is 0.310 e. The highest BCUT2D eigenvalue weighted by Crippen LogP contribution is 2.22. The second-order valence-electron chi connectivity index (χ2n) is 6.34. The molecule has 0 aliphatic rings. The number of hydrogen-bond donors (Lipinski definition) is 1. The molecule has 0 radical (unpaired) electrons. The first-order valence-electron chi connectivity index (χ1n) is 7.47. The summed E-state index contributed by atoms with van der Waals surface area (Å²) in [4.78, 5) is 24.5. The van der Waals surface area contributed by atoms with Crippen molar-refractivity contribution in [3.8, 4) is 0 Å². The van der Waals surface area contributed by atoms with Gasteiger partial charge in [0, 0.05) is 16.8 Å². The first kappa shape index (κ1) is 16.7. The molecule has 4 heteroatoms. The molecular weight excluding hydrogens is 290 g/mol. The van der Waals surface area contributed by atoms with Crippen molar-refractivity contribution in [1.82, 2.24) is 0 Å². The van der Waals surface area contributed by atoms with Gasteiger partial charge in [-0.15, -0.1) is 0 Å². The Bertz CT molecular complexity index is 715. The molecule has 0 aliphatic carbocycles. The number of ketones is 1. The van der Waals surface area contributed by atoms with Gasteiger partial charge in [0.2, 0.25) is 0 Å². The van der Waals surface area contributed by atoms with Gasteiger partial charge in [-0.1, -0.05) is 42.5 Å². The minimum Gasteiger partial charge on any atom is -0.460 e. The SMILES string of the molecule is CC(C)(C)OC(=O)Cc1cccc(C(=O)c2ccccc2)c1N. The van der Waals surface area contributed by atoms with Crippen LogP contribution in [0.1, 0.15) is 42.3 Å². The first-order valence-corrected chi connectivity index (χ1v) is 7.47. The minimum absolute atomic E-state index is 0.0407. The molecule has 0 spiro atoms. The van der Waals surface area contributed by atoms with Gasteiger partial charge < -0.3 is 10.5 Å². The zero-order valence-corrected chi connectivity index (χ0v) is 13.6. The van der Waals surface area contributed by atoms with Gasteiger partial charge in [0.1, 0.15) is 5.60 Å². The molecule has 0 aromatic heterocycles. The highest BCUT2D eigenvalue weighted by molar-refractivity contribution is 6.12. The van der Waals surface area contributed by atoms with Crippen LogP contribution >= 0.6 is 0 Å². The molecule has 0 saturated carbocycles. The van der Waals surface area contributed by atoms with Gasteiger partial charge in [0.15, 0.2) is 5.78 Å². The summed E-state index contributed by atoms with van der Waals surface area (Å²) >= 11 is 0. The third kappa shape index (κ3) is 4.42. The molecule has 2 rings (SSSR count). The Labute approximate surface area is 136 Å². The fourth-order valence-electron chi connectivity index (χ4n) is 2.24. The van der Waals surface area contributed by atoms with E-state index in [2.05, 4.69) is 0 Å². The molecule has 0 heterocycles. The van der Waals surface area contributed by atoms with Crippen molar-refractivity contribution in [1.29, 1.82) is 0 Å². The number of ether oxygens (including phenoxy) is 1. The Morgan fingerprint density at radius 2 is 1.65 bits per heavy atom. The highest BCUT2D eigenvalue weighted by atomic mass is 16.6. The average Bonchev–Trinajstić information content (AvgIpc) is 2.48. The van der Waals surface area contributed by atoms with Gasteiger partial charge in [-0.05, 0) is 32.4 Å². The van der Waals surface area contributed by atoms with Crippen molar-refractivity contribution >= 4 is 17.4 Å². The quantitative estimate of drug-likeness (QED) is 0.534. The van der Waals surface area contributed by atoms with Gasteiger partial charge in [0.25, 0.3) is 0 Å². The van der Waals surface area contributed by atoms with E-state index in [-0.39, 0.29) is 18.2 Å². The van der Waals surface area contributed by atoms with Gasteiger partial charge in [-0.3, -0.25) is 9.59 Å². The lowest BCUT2D eigenvalue weighted by atomic mass is 9.98. The third-order valence-corrected chi connectivity index (χ3v) is 3.23. The molecule has 0 atom stereocenters. The maximum atomic E-state index is 12.5. The molecule has 2 aromatic carbocycles. The lowest BCUT2D eigenvalue weighted by molar-refractivity contribution is -0.153. The number of carbonyl (C=O) groups excluding carboxylic acids is 2. The average molecular weight is 311 g/mol. The molecule has 4 nitrogen and oxygen atoms in total. The minimum atomic E-state index is -0.552. The van der Waals surface area contributed by atoms with E-state index < -0.39 is 5.60 Å². The molecule has 2 aromatic rings. The molecule has 0 aliphatic heterocycles. The van der Waals surface area contributed by atoms with Gasteiger partial charge in [-0.25, -0.2) is 0 Å². The zero-order chi connectivity index (χ0) is 17.0. The fraction of sp³-hybridized carbons (Fsp3) is 0.263. The number of para-hydroxylation sites is 1. The second-order valence-corrected chi connectivity index (χ2v) is 6.34. The lowest BCUT2D eigenvalue weighted by Gasteiger charge is -2.20. The van der Waals surface area contributed by atoms with E-state index in [1.165, 1.54) is 0 Å². The Kier molecular flexibility index (Phi) is 4.84. The Hall–Kier alpha value is -2.62. The summed E-state index contributed by atoms with van der Waals surface area (Å²) in [6, 6.07) is 14.1. The van der Waals surface area contributed by atoms with Gasteiger partial charge in [0.05, 0.1) is 6.42 Å². The molecule has 0 unspecified atom stereocenters. The van der Waals surface area contributed by atoms with Crippen molar-refractivity contribution in [2.45, 2.75) is 32.8 Å². The van der Waals surface area contributed by atoms with E-state index in [0.717, 1.165) is 0 Å². The number of esters is 1. The largest absolute Gasteiger partial charge is 0.460 e. The van der Waals surface area contributed by atoms with Crippen molar-refractivity contribution in [3.63, 3.8) is 0 Å². The summed E-state index contributed by atoms with van der Waals surface area (Å²) < 4.78 is 5.30. The van der Waals surface area contributed by atoms with Crippen LogP contribution in [0.3, 0.4) is 0 Å². The molecule has 0 saturated heterocycles. The van der Waals surface area contributed by atoms with E-state index in [1.807, 2.05) is 26.8 Å². The van der Waals surface area contributed by atoms with Crippen LogP contribution in [0.15, 0.2) is 48.5 Å². The van der Waals surface area contributed by atoms with E-state index >= 15 is 0 Å². The van der Waals surface area contributed by atoms with Crippen molar-refractivity contribution in [2.75, 3.05) is 5.73 Å². The number of rotatable bonds is 4. The summed E-state index contributed by atoms with van der Waals surface area (Å²) in [5, 5.41) is 0. The molecular formula is C19H21NO3. The summed E-state index contributed by atoms with van der Waals surface area (Å²) in [5.41, 5.74) is 7.44. The van der Waals surface area contributed by atoms with Crippen LogP contribution in [0.25, 0.3) is 0 Å². The third-order valence-electron chi connectivity index (χ3n) is 3.23. The summed E-state index contributed by atoms with van der Waals surface area (Å²) in [6.07, 6.45) is 0.0407. The van der Waals surface area contributed by atoms with Gasteiger partial charge >= 0.3 is 5.97 Å². The van der Waals surface area contributed by atoms with E-state index in [0.29, 0.717) is 22.4 Å². The van der Waals surface area contributed by atoms with Crippen molar-refractivity contribution in [2.24, 2.45) is 0 Å². The molecule has 2 N–H and O–H groups in total.